The van der Waals surface area contributed by atoms with Gasteiger partial charge in [-0.1, -0.05) is 0 Å². The maximum Gasteiger partial charge on any atom is 2.00 e. The fourth-order valence-electron chi connectivity index (χ4n) is 0.289. The first-order valence-electron chi connectivity index (χ1n) is 1.93. The molecule has 46 valence electrons. The Balaban J connectivity index is -0.0000000600. The first-order chi connectivity index (χ1) is 3.35. The molecule has 0 aliphatic carbocycles. The molecule has 0 amide bonds. The van der Waals surface area contributed by atoms with E-state index in [1.165, 1.54) is 21.3 Å². The minimum absolute atomic E-state index is 0. The third kappa shape index (κ3) is 4.86. The van der Waals surface area contributed by atoms with Crippen LogP contribution in [0.5, 0.6) is 0 Å². The molecular formula is C3H11BMgO3. The fourth-order valence-corrected chi connectivity index (χ4v) is 0.289. The van der Waals surface area contributed by atoms with Crippen molar-refractivity contribution in [3.05, 3.63) is 0 Å². The van der Waals surface area contributed by atoms with Crippen LogP contribution in [0, 0.1) is 0 Å². The van der Waals surface area contributed by atoms with E-state index in [1.54, 1.807) is 0 Å². The second kappa shape index (κ2) is 7.71. The molecule has 0 unspecified atom stereocenters. The topological polar surface area (TPSA) is 27.7 Å². The molecule has 0 aromatic heterocycles. The molecule has 0 radical (unpaired) electrons. The van der Waals surface area contributed by atoms with E-state index in [1.807, 2.05) is 0 Å². The van der Waals surface area contributed by atoms with Crippen molar-refractivity contribution < 1.29 is 16.8 Å². The van der Waals surface area contributed by atoms with E-state index in [0.717, 1.165) is 0 Å². The second-order valence-electron chi connectivity index (χ2n) is 0.996. The number of rotatable bonds is 3. The monoisotopic (exact) mass is 130 g/mol. The van der Waals surface area contributed by atoms with Gasteiger partial charge in [-0.3, -0.25) is 0 Å². The van der Waals surface area contributed by atoms with Crippen LogP contribution in [-0.4, -0.2) is 51.7 Å². The Kier molecular flexibility index (Phi) is 11.1. The Labute approximate surface area is 69.0 Å². The summed E-state index contributed by atoms with van der Waals surface area (Å²) >= 11 is 0. The molecule has 0 aromatic carbocycles. The van der Waals surface area contributed by atoms with Crippen molar-refractivity contribution in [3.8, 4) is 0 Å². The van der Waals surface area contributed by atoms with Crippen molar-refractivity contribution in [1.29, 1.82) is 0 Å². The van der Waals surface area contributed by atoms with E-state index >= 15 is 0 Å². The largest absolute Gasteiger partial charge is 2.00 e. The summed E-state index contributed by atoms with van der Waals surface area (Å²) in [5.41, 5.74) is 0. The van der Waals surface area contributed by atoms with Crippen molar-refractivity contribution in [3.63, 3.8) is 0 Å². The zero-order chi connectivity index (χ0) is 5.70. The molecule has 0 fully saturated rings. The summed E-state index contributed by atoms with van der Waals surface area (Å²) in [5.74, 6) is 0. The molecule has 0 aliphatic rings. The molecule has 8 heavy (non-hydrogen) atoms. The van der Waals surface area contributed by atoms with E-state index in [4.69, 9.17) is 0 Å². The van der Waals surface area contributed by atoms with E-state index in [9.17, 15) is 0 Å². The van der Waals surface area contributed by atoms with Crippen molar-refractivity contribution in [1.82, 2.24) is 0 Å². The summed E-state index contributed by atoms with van der Waals surface area (Å²) in [5, 5.41) is 0. The van der Waals surface area contributed by atoms with Gasteiger partial charge in [0.05, 0.1) is 0 Å². The van der Waals surface area contributed by atoms with Crippen LogP contribution in [0.2, 0.25) is 0 Å². The van der Waals surface area contributed by atoms with Crippen LogP contribution >= 0.6 is 0 Å². The van der Waals surface area contributed by atoms with Gasteiger partial charge in [0.15, 0.2) is 0 Å². The summed E-state index contributed by atoms with van der Waals surface area (Å²) < 4.78 is 13.8. The van der Waals surface area contributed by atoms with Gasteiger partial charge in [0.1, 0.15) is 0 Å². The molecule has 5 heteroatoms. The summed E-state index contributed by atoms with van der Waals surface area (Å²) in [6, 6.07) is 0. The molecule has 0 bridgehead atoms. The van der Waals surface area contributed by atoms with Crippen LogP contribution in [0.3, 0.4) is 0 Å². The van der Waals surface area contributed by atoms with E-state index in [2.05, 4.69) is 14.0 Å². The minimum atomic E-state index is -0.514. The average molecular weight is 130 g/mol. The molecular weight excluding hydrogens is 119 g/mol. The summed E-state index contributed by atoms with van der Waals surface area (Å²) in [6.07, 6.45) is 0. The molecule has 0 N–H and O–H groups in total. The van der Waals surface area contributed by atoms with Gasteiger partial charge < -0.3 is 16.8 Å². The quantitative estimate of drug-likeness (QED) is 0.493. The normalized spacial score (nSPS) is 7.88. The van der Waals surface area contributed by atoms with Gasteiger partial charge >= 0.3 is 30.4 Å². The van der Waals surface area contributed by atoms with Gasteiger partial charge in [0.2, 0.25) is 0 Å². The molecule has 0 spiro atoms. The Hall–Kier alpha value is 0.711. The third-order valence-corrected chi connectivity index (χ3v) is 0.577. The minimum Gasteiger partial charge on any atom is -1.00 e. The molecule has 0 aliphatic heterocycles. The van der Waals surface area contributed by atoms with Gasteiger partial charge in [-0.05, 0) is 0 Å². The van der Waals surface area contributed by atoms with Gasteiger partial charge in [-0.25, -0.2) is 0 Å². The molecule has 0 saturated heterocycles. The van der Waals surface area contributed by atoms with Crippen LogP contribution in [0.1, 0.15) is 2.85 Å². The molecule has 0 saturated carbocycles. The van der Waals surface area contributed by atoms with E-state index in [0.29, 0.717) is 0 Å². The van der Waals surface area contributed by atoms with Crippen molar-refractivity contribution in [2.45, 2.75) is 0 Å². The zero-order valence-corrected chi connectivity index (χ0v) is 6.92. The zero-order valence-electron chi connectivity index (χ0n) is 7.51. The van der Waals surface area contributed by atoms with Crippen LogP contribution in [0.25, 0.3) is 0 Å². The molecule has 0 rings (SSSR count). The summed E-state index contributed by atoms with van der Waals surface area (Å²) in [4.78, 5) is 0. The van der Waals surface area contributed by atoms with E-state index in [-0.39, 0.29) is 25.9 Å². The van der Waals surface area contributed by atoms with Gasteiger partial charge in [-0.15, -0.1) is 0 Å². The maximum absolute atomic E-state index is 4.60. The average Bonchev–Trinajstić information content (AvgIpc) is 1.72. The fraction of sp³-hybridized carbons (Fsp3) is 1.00. The van der Waals surface area contributed by atoms with Crippen LogP contribution < -0.4 is 0 Å². The van der Waals surface area contributed by atoms with Crippen LogP contribution in [0.15, 0.2) is 0 Å². The summed E-state index contributed by atoms with van der Waals surface area (Å²) in [7, 11) is 4.02. The van der Waals surface area contributed by atoms with Crippen LogP contribution in [0.4, 0.5) is 0 Å². The molecule has 3 nitrogen and oxygen atoms in total. The third-order valence-electron chi connectivity index (χ3n) is 0.577. The smallest absolute Gasteiger partial charge is 1.00 e. The predicted octanol–water partition coefficient (Wildman–Crippen LogP) is -0.245. The Morgan fingerprint density at radius 2 is 1.25 bits per heavy atom. The first-order valence-corrected chi connectivity index (χ1v) is 1.93. The molecule has 0 heterocycles. The first kappa shape index (κ1) is 11.5. The summed E-state index contributed by atoms with van der Waals surface area (Å²) in [6.45, 7) is 0. The van der Waals surface area contributed by atoms with Crippen molar-refractivity contribution in [2.24, 2.45) is 0 Å². The predicted molar refractivity (Wildman–Crippen MR) is 34.8 cm³/mol. The van der Waals surface area contributed by atoms with Gasteiger partial charge in [0, 0.05) is 21.3 Å². The standard InChI is InChI=1S/C3H9BO3.Mg.2H/c1-5-4(6-2)7-3;;;/h1-3H3;;;/q;+2;2*-1. The Bertz CT molecular complexity index is 43.2. The van der Waals surface area contributed by atoms with Crippen molar-refractivity contribution >= 4 is 30.4 Å². The molecule has 0 atom stereocenters. The Morgan fingerprint density at radius 3 is 1.25 bits per heavy atom. The maximum atomic E-state index is 4.60. The van der Waals surface area contributed by atoms with Crippen molar-refractivity contribution in [2.75, 3.05) is 21.3 Å². The van der Waals surface area contributed by atoms with Crippen LogP contribution in [-0.2, 0) is 14.0 Å². The Morgan fingerprint density at radius 1 is 1.00 bits per heavy atom. The van der Waals surface area contributed by atoms with Gasteiger partial charge in [0.25, 0.3) is 0 Å². The number of hydrogen-bond acceptors (Lipinski definition) is 3. The molecule has 0 aromatic rings. The van der Waals surface area contributed by atoms with Gasteiger partial charge in [-0.2, -0.15) is 0 Å². The second-order valence-corrected chi connectivity index (χ2v) is 0.996. The number of hydrogen-bond donors (Lipinski definition) is 0. The van der Waals surface area contributed by atoms with E-state index < -0.39 is 7.32 Å². The SMILES string of the molecule is COB(OC)OC.[H-].[H-].[Mg+2].